The fraction of sp³-hybridized carbons (Fsp3) is 0.667. The van der Waals surface area contributed by atoms with Gasteiger partial charge in [0.2, 0.25) is 5.91 Å². The molecule has 2 N–H and O–H groups in total. The van der Waals surface area contributed by atoms with Gasteiger partial charge in [-0.2, -0.15) is 0 Å². The van der Waals surface area contributed by atoms with Gasteiger partial charge in [-0.1, -0.05) is 37.5 Å². The summed E-state index contributed by atoms with van der Waals surface area (Å²) in [5.74, 6) is 0.00997. The molecule has 1 aromatic rings. The van der Waals surface area contributed by atoms with E-state index in [0.717, 1.165) is 38.2 Å². The summed E-state index contributed by atoms with van der Waals surface area (Å²) in [4.78, 5) is 14.7. The number of amides is 1. The number of rotatable bonds is 8. The van der Waals surface area contributed by atoms with Gasteiger partial charge in [0, 0.05) is 31.4 Å². The molecule has 0 bridgehead atoms. The van der Waals surface area contributed by atoms with Gasteiger partial charge in [0.25, 0.3) is 0 Å². The highest BCUT2D eigenvalue weighted by atomic mass is 16.5. The molecule has 1 aliphatic carbocycles. The van der Waals surface area contributed by atoms with Crippen LogP contribution in [-0.4, -0.2) is 49.7 Å². The Balaban J connectivity index is 1.48. The van der Waals surface area contributed by atoms with Crippen molar-refractivity contribution in [3.05, 3.63) is 29.8 Å². The Kier molecular flexibility index (Phi) is 7.47. The van der Waals surface area contributed by atoms with Crippen molar-refractivity contribution in [2.45, 2.75) is 63.6 Å². The molecule has 5 nitrogen and oxygen atoms in total. The first kappa shape index (κ1) is 19.3. The molecule has 0 spiro atoms. The first-order valence-electron chi connectivity index (χ1n) is 10.1. The van der Waals surface area contributed by atoms with Gasteiger partial charge in [-0.15, -0.1) is 0 Å². The van der Waals surface area contributed by atoms with Gasteiger partial charge in [-0.25, -0.2) is 0 Å². The predicted molar refractivity (Wildman–Crippen MR) is 105 cm³/mol. The zero-order valence-electron chi connectivity index (χ0n) is 16.0. The maximum absolute atomic E-state index is 12.3. The number of nitrogens with zero attached hydrogens (tertiary/aromatic N) is 1. The Labute approximate surface area is 157 Å². The molecule has 1 heterocycles. The number of benzene rings is 1. The van der Waals surface area contributed by atoms with E-state index >= 15 is 0 Å². The Bertz CT molecular complexity index is 566. The van der Waals surface area contributed by atoms with E-state index in [0.29, 0.717) is 12.6 Å². The highest BCUT2D eigenvalue weighted by Gasteiger charge is 2.19. The Hall–Kier alpha value is -1.43. The van der Waals surface area contributed by atoms with Gasteiger partial charge >= 0.3 is 0 Å². The average molecular weight is 360 g/mol. The molecular formula is C21H33N3O2. The number of carbonyl (C=O) groups is 1. The standard InChI is InChI=1S/C21H33N3O2/c1-24(18-9-3-2-4-10-18)16-17-8-5-6-12-20(17)23-21(25)15-22-14-19-11-7-13-26-19/h5-6,8,12,18-19,22H,2-4,7,9-11,13-16H2,1H3,(H,23,25). The normalized spacial score (nSPS) is 21.2. The number of anilines is 1. The lowest BCUT2D eigenvalue weighted by molar-refractivity contribution is -0.115. The lowest BCUT2D eigenvalue weighted by atomic mass is 9.94. The zero-order valence-corrected chi connectivity index (χ0v) is 16.0. The van der Waals surface area contributed by atoms with Crippen molar-refractivity contribution in [1.29, 1.82) is 0 Å². The van der Waals surface area contributed by atoms with Crippen LogP contribution in [0.5, 0.6) is 0 Å². The molecule has 1 aromatic carbocycles. The van der Waals surface area contributed by atoms with E-state index in [9.17, 15) is 4.79 Å². The van der Waals surface area contributed by atoms with Crippen molar-refractivity contribution in [3.63, 3.8) is 0 Å². The average Bonchev–Trinajstić information content (AvgIpc) is 3.17. The van der Waals surface area contributed by atoms with Gasteiger partial charge in [0.05, 0.1) is 12.6 Å². The lowest BCUT2D eigenvalue weighted by Gasteiger charge is -2.31. The summed E-state index contributed by atoms with van der Waals surface area (Å²) in [5.41, 5.74) is 2.12. The summed E-state index contributed by atoms with van der Waals surface area (Å²) in [6, 6.07) is 8.83. The Morgan fingerprint density at radius 1 is 1.15 bits per heavy atom. The molecule has 1 saturated heterocycles. The minimum Gasteiger partial charge on any atom is -0.377 e. The molecule has 3 rings (SSSR count). The van der Waals surface area contributed by atoms with Crippen LogP contribution in [0, 0.1) is 0 Å². The van der Waals surface area contributed by atoms with Crippen LogP contribution in [0.3, 0.4) is 0 Å². The maximum atomic E-state index is 12.3. The molecule has 0 aromatic heterocycles. The predicted octanol–water partition coefficient (Wildman–Crippen LogP) is 3.16. The summed E-state index contributed by atoms with van der Waals surface area (Å²) in [6.07, 6.45) is 9.10. The van der Waals surface area contributed by atoms with Crippen molar-refractivity contribution in [2.75, 3.05) is 32.1 Å². The number of nitrogens with one attached hydrogen (secondary N) is 2. The zero-order chi connectivity index (χ0) is 18.2. The molecule has 1 atom stereocenters. The fourth-order valence-corrected chi connectivity index (χ4v) is 4.05. The van der Waals surface area contributed by atoms with E-state index < -0.39 is 0 Å². The third-order valence-electron chi connectivity index (χ3n) is 5.59. The molecule has 26 heavy (non-hydrogen) atoms. The topological polar surface area (TPSA) is 53.6 Å². The molecular weight excluding hydrogens is 326 g/mol. The second-order valence-electron chi connectivity index (χ2n) is 7.68. The smallest absolute Gasteiger partial charge is 0.238 e. The fourth-order valence-electron chi connectivity index (χ4n) is 4.05. The van der Waals surface area contributed by atoms with Crippen LogP contribution in [0.1, 0.15) is 50.5 Å². The first-order valence-corrected chi connectivity index (χ1v) is 10.1. The molecule has 1 amide bonds. The minimum atomic E-state index is 0.00997. The summed E-state index contributed by atoms with van der Waals surface area (Å²) in [5, 5.41) is 6.29. The van der Waals surface area contributed by atoms with E-state index in [-0.39, 0.29) is 12.0 Å². The summed E-state index contributed by atoms with van der Waals surface area (Å²) in [6.45, 7) is 2.80. The van der Waals surface area contributed by atoms with Gasteiger partial charge in [-0.05, 0) is 44.4 Å². The van der Waals surface area contributed by atoms with Crippen LogP contribution in [0.15, 0.2) is 24.3 Å². The monoisotopic (exact) mass is 359 g/mol. The second kappa shape index (κ2) is 10.0. The van der Waals surface area contributed by atoms with Crippen LogP contribution in [0.4, 0.5) is 5.69 Å². The molecule has 5 heteroatoms. The van der Waals surface area contributed by atoms with E-state index in [1.807, 2.05) is 12.1 Å². The van der Waals surface area contributed by atoms with Gasteiger partial charge in [-0.3, -0.25) is 9.69 Å². The molecule has 2 fully saturated rings. The highest BCUT2D eigenvalue weighted by Crippen LogP contribution is 2.24. The van der Waals surface area contributed by atoms with Crippen molar-refractivity contribution < 1.29 is 9.53 Å². The highest BCUT2D eigenvalue weighted by molar-refractivity contribution is 5.92. The van der Waals surface area contributed by atoms with Gasteiger partial charge in [0.1, 0.15) is 0 Å². The molecule has 144 valence electrons. The van der Waals surface area contributed by atoms with Crippen molar-refractivity contribution in [2.24, 2.45) is 0 Å². The SMILES string of the molecule is CN(Cc1ccccc1NC(=O)CNCC1CCCO1)C1CCCCC1. The number of para-hydroxylation sites is 1. The second-order valence-corrected chi connectivity index (χ2v) is 7.68. The largest absolute Gasteiger partial charge is 0.377 e. The summed E-state index contributed by atoms with van der Waals surface area (Å²) >= 11 is 0. The van der Waals surface area contributed by atoms with Crippen molar-refractivity contribution >= 4 is 11.6 Å². The van der Waals surface area contributed by atoms with E-state index in [1.165, 1.54) is 37.7 Å². The summed E-state index contributed by atoms with van der Waals surface area (Å²) in [7, 11) is 2.21. The van der Waals surface area contributed by atoms with Crippen LogP contribution in [-0.2, 0) is 16.1 Å². The van der Waals surface area contributed by atoms with Crippen LogP contribution >= 0.6 is 0 Å². The Morgan fingerprint density at radius 2 is 1.96 bits per heavy atom. The van der Waals surface area contributed by atoms with E-state index in [1.54, 1.807) is 0 Å². The Morgan fingerprint density at radius 3 is 2.73 bits per heavy atom. The number of carbonyl (C=O) groups excluding carboxylic acids is 1. The number of ether oxygens (including phenoxy) is 1. The maximum Gasteiger partial charge on any atom is 0.238 e. The van der Waals surface area contributed by atoms with E-state index in [4.69, 9.17) is 4.74 Å². The number of hydrogen-bond donors (Lipinski definition) is 2. The van der Waals surface area contributed by atoms with E-state index in [2.05, 4.69) is 34.7 Å². The summed E-state index contributed by atoms with van der Waals surface area (Å²) < 4.78 is 5.57. The molecule has 0 radical (unpaired) electrons. The molecule has 1 aliphatic heterocycles. The lowest BCUT2D eigenvalue weighted by Crippen LogP contribution is -2.34. The van der Waals surface area contributed by atoms with Crippen molar-refractivity contribution in [3.8, 4) is 0 Å². The van der Waals surface area contributed by atoms with Crippen LogP contribution < -0.4 is 10.6 Å². The van der Waals surface area contributed by atoms with Crippen LogP contribution in [0.25, 0.3) is 0 Å². The van der Waals surface area contributed by atoms with Crippen LogP contribution in [0.2, 0.25) is 0 Å². The van der Waals surface area contributed by atoms with Crippen molar-refractivity contribution in [1.82, 2.24) is 10.2 Å². The molecule has 2 aliphatic rings. The number of hydrogen-bond acceptors (Lipinski definition) is 4. The third kappa shape index (κ3) is 5.79. The molecule has 1 saturated carbocycles. The first-order chi connectivity index (χ1) is 12.7. The quantitative estimate of drug-likeness (QED) is 0.749. The van der Waals surface area contributed by atoms with Gasteiger partial charge < -0.3 is 15.4 Å². The third-order valence-corrected chi connectivity index (χ3v) is 5.59. The molecule has 1 unspecified atom stereocenters. The minimum absolute atomic E-state index is 0.00997. The van der Waals surface area contributed by atoms with Gasteiger partial charge in [0.15, 0.2) is 0 Å².